The van der Waals surface area contributed by atoms with Gasteiger partial charge in [-0.1, -0.05) is 0 Å². The Hall–Kier alpha value is -1.70. The minimum atomic E-state index is 0.329. The van der Waals surface area contributed by atoms with Gasteiger partial charge in [0.1, 0.15) is 5.75 Å². The van der Waals surface area contributed by atoms with Crippen molar-refractivity contribution in [3.05, 3.63) is 28.8 Å². The molecule has 7 heteroatoms. The molecule has 1 heterocycles. The third-order valence-electron chi connectivity index (χ3n) is 3.71. The van der Waals surface area contributed by atoms with Crippen LogP contribution in [-0.2, 0) is 4.74 Å². The molecule has 0 bridgehead atoms. The van der Waals surface area contributed by atoms with Crippen molar-refractivity contribution in [3.63, 3.8) is 0 Å². The molecule has 23 heavy (non-hydrogen) atoms. The van der Waals surface area contributed by atoms with E-state index >= 15 is 0 Å². The minimum Gasteiger partial charge on any atom is -0.507 e. The van der Waals surface area contributed by atoms with E-state index in [-0.39, 0.29) is 0 Å². The maximum absolute atomic E-state index is 9.75. The van der Waals surface area contributed by atoms with Crippen molar-refractivity contribution >= 4 is 23.5 Å². The molecule has 0 saturated carbocycles. The van der Waals surface area contributed by atoms with Crippen molar-refractivity contribution in [1.82, 2.24) is 15.6 Å². The molecule has 1 aromatic carbocycles. The molecule has 1 aliphatic rings. The van der Waals surface area contributed by atoms with Crippen LogP contribution in [0.4, 0.5) is 0 Å². The Morgan fingerprint density at radius 2 is 2.00 bits per heavy atom. The van der Waals surface area contributed by atoms with Gasteiger partial charge in [-0.05, 0) is 54.9 Å². The normalized spacial score (nSPS) is 15.7. The van der Waals surface area contributed by atoms with E-state index in [9.17, 15) is 5.11 Å². The van der Waals surface area contributed by atoms with Crippen LogP contribution in [0.3, 0.4) is 0 Å². The number of nitrogens with zero attached hydrogens (tertiary/aromatic N) is 2. The Balaban J connectivity index is 1.71. The minimum absolute atomic E-state index is 0.329. The van der Waals surface area contributed by atoms with E-state index in [0.717, 1.165) is 56.1 Å². The van der Waals surface area contributed by atoms with Gasteiger partial charge in [-0.25, -0.2) is 0 Å². The molecule has 1 aliphatic heterocycles. The summed E-state index contributed by atoms with van der Waals surface area (Å²) in [5.74, 6) is 0.329. The van der Waals surface area contributed by atoms with Crippen molar-refractivity contribution in [3.8, 4) is 5.75 Å². The second-order valence-corrected chi connectivity index (χ2v) is 5.99. The topological polar surface area (TPSA) is 69.1 Å². The standard InChI is InChI=1S/C16H24N4O2S/c1-12-9-14(10-13(2)15(12)21)11-18-19-16(23)17-3-4-20-5-7-22-8-6-20/h9-11,21H,3-8H2,1-2H3,(H2,17,19,23)/b18-11+. The number of ether oxygens (including phenoxy) is 1. The van der Waals surface area contributed by atoms with Crippen LogP contribution in [0.15, 0.2) is 17.2 Å². The monoisotopic (exact) mass is 336 g/mol. The highest BCUT2D eigenvalue weighted by Crippen LogP contribution is 2.21. The van der Waals surface area contributed by atoms with E-state index < -0.39 is 0 Å². The van der Waals surface area contributed by atoms with Crippen LogP contribution in [0.5, 0.6) is 5.75 Å². The SMILES string of the molecule is Cc1cc(/C=N/NC(=S)NCCN2CCOCC2)cc(C)c1O. The Labute approximate surface area is 142 Å². The van der Waals surface area contributed by atoms with Gasteiger partial charge in [0.15, 0.2) is 5.11 Å². The lowest BCUT2D eigenvalue weighted by Crippen LogP contribution is -2.42. The number of hydrazone groups is 1. The summed E-state index contributed by atoms with van der Waals surface area (Å²) in [5, 5.41) is 17.5. The summed E-state index contributed by atoms with van der Waals surface area (Å²) < 4.78 is 5.31. The second kappa shape index (κ2) is 8.81. The van der Waals surface area contributed by atoms with Gasteiger partial charge in [0.2, 0.25) is 0 Å². The molecular weight excluding hydrogens is 312 g/mol. The largest absolute Gasteiger partial charge is 0.507 e. The number of hydrogen-bond donors (Lipinski definition) is 3. The summed E-state index contributed by atoms with van der Waals surface area (Å²) in [6.07, 6.45) is 1.69. The predicted molar refractivity (Wildman–Crippen MR) is 96.2 cm³/mol. The maximum Gasteiger partial charge on any atom is 0.187 e. The molecule has 0 aliphatic carbocycles. The van der Waals surface area contributed by atoms with Gasteiger partial charge in [-0.15, -0.1) is 0 Å². The zero-order valence-electron chi connectivity index (χ0n) is 13.6. The fourth-order valence-electron chi connectivity index (χ4n) is 2.42. The summed E-state index contributed by atoms with van der Waals surface area (Å²) >= 11 is 5.19. The van der Waals surface area contributed by atoms with Crippen molar-refractivity contribution in [2.45, 2.75) is 13.8 Å². The van der Waals surface area contributed by atoms with Gasteiger partial charge in [0, 0.05) is 26.2 Å². The van der Waals surface area contributed by atoms with Crippen LogP contribution >= 0.6 is 12.2 Å². The van der Waals surface area contributed by atoms with E-state index in [2.05, 4.69) is 20.7 Å². The molecule has 0 unspecified atom stereocenters. The Morgan fingerprint density at radius 3 is 2.65 bits per heavy atom. The highest BCUT2D eigenvalue weighted by atomic mass is 32.1. The van der Waals surface area contributed by atoms with Gasteiger partial charge >= 0.3 is 0 Å². The number of nitrogens with one attached hydrogen (secondary N) is 2. The smallest absolute Gasteiger partial charge is 0.187 e. The third kappa shape index (κ3) is 5.78. The second-order valence-electron chi connectivity index (χ2n) is 5.58. The highest BCUT2D eigenvalue weighted by molar-refractivity contribution is 7.80. The molecule has 0 radical (unpaired) electrons. The Morgan fingerprint density at radius 1 is 1.35 bits per heavy atom. The van der Waals surface area contributed by atoms with Crippen LogP contribution in [0, 0.1) is 13.8 Å². The average Bonchev–Trinajstić information content (AvgIpc) is 2.53. The number of rotatable bonds is 5. The number of thiocarbonyl (C=S) groups is 1. The summed E-state index contributed by atoms with van der Waals surface area (Å²) in [6.45, 7) is 9.00. The van der Waals surface area contributed by atoms with E-state index in [4.69, 9.17) is 17.0 Å². The number of phenols is 1. The zero-order valence-corrected chi connectivity index (χ0v) is 14.4. The first-order valence-corrected chi connectivity index (χ1v) is 8.14. The number of benzene rings is 1. The van der Waals surface area contributed by atoms with Gasteiger partial charge in [0.25, 0.3) is 0 Å². The Kier molecular flexibility index (Phi) is 6.76. The van der Waals surface area contributed by atoms with Crippen LogP contribution in [0.2, 0.25) is 0 Å². The lowest BCUT2D eigenvalue weighted by Gasteiger charge is -2.26. The maximum atomic E-state index is 9.75. The molecule has 1 aromatic rings. The molecule has 3 N–H and O–H groups in total. The molecular formula is C16H24N4O2S. The van der Waals surface area contributed by atoms with Crippen LogP contribution in [-0.4, -0.2) is 60.7 Å². The molecule has 0 spiro atoms. The van der Waals surface area contributed by atoms with Crippen LogP contribution < -0.4 is 10.7 Å². The van der Waals surface area contributed by atoms with Gasteiger partial charge < -0.3 is 15.2 Å². The van der Waals surface area contributed by atoms with Crippen molar-refractivity contribution in [2.75, 3.05) is 39.4 Å². The molecule has 0 amide bonds. The molecule has 126 valence electrons. The number of hydrogen-bond acceptors (Lipinski definition) is 5. The summed E-state index contributed by atoms with van der Waals surface area (Å²) in [4.78, 5) is 2.34. The average molecular weight is 336 g/mol. The van der Waals surface area contributed by atoms with Crippen molar-refractivity contribution in [1.29, 1.82) is 0 Å². The summed E-state index contributed by atoms with van der Waals surface area (Å²) in [7, 11) is 0. The molecule has 0 atom stereocenters. The van der Waals surface area contributed by atoms with Gasteiger partial charge in [0.05, 0.1) is 19.4 Å². The first-order valence-electron chi connectivity index (χ1n) is 7.73. The quantitative estimate of drug-likeness (QED) is 0.426. The molecule has 2 rings (SSSR count). The van der Waals surface area contributed by atoms with Crippen LogP contribution in [0.25, 0.3) is 0 Å². The number of aryl methyl sites for hydroxylation is 2. The van der Waals surface area contributed by atoms with Gasteiger partial charge in [-0.2, -0.15) is 5.10 Å². The van der Waals surface area contributed by atoms with E-state index in [1.54, 1.807) is 6.21 Å². The third-order valence-corrected chi connectivity index (χ3v) is 3.95. The summed E-state index contributed by atoms with van der Waals surface area (Å²) in [5.41, 5.74) is 5.39. The highest BCUT2D eigenvalue weighted by Gasteiger charge is 2.09. The lowest BCUT2D eigenvalue weighted by atomic mass is 10.1. The fraction of sp³-hybridized carbons (Fsp3) is 0.500. The number of aromatic hydroxyl groups is 1. The van der Waals surface area contributed by atoms with Gasteiger partial charge in [-0.3, -0.25) is 10.3 Å². The van der Waals surface area contributed by atoms with E-state index in [0.29, 0.717) is 10.9 Å². The predicted octanol–water partition coefficient (Wildman–Crippen LogP) is 1.14. The summed E-state index contributed by atoms with van der Waals surface area (Å²) in [6, 6.07) is 3.75. The molecule has 0 aromatic heterocycles. The first kappa shape index (κ1) is 17.7. The molecule has 1 fully saturated rings. The lowest BCUT2D eigenvalue weighted by molar-refractivity contribution is 0.0389. The number of morpholine rings is 1. The first-order chi connectivity index (χ1) is 11.1. The fourth-order valence-corrected chi connectivity index (χ4v) is 2.58. The van der Waals surface area contributed by atoms with Crippen molar-refractivity contribution < 1.29 is 9.84 Å². The van der Waals surface area contributed by atoms with Crippen LogP contribution in [0.1, 0.15) is 16.7 Å². The Bertz CT molecular complexity index is 548. The van der Waals surface area contributed by atoms with Crippen molar-refractivity contribution in [2.24, 2.45) is 5.10 Å². The zero-order chi connectivity index (χ0) is 16.7. The molecule has 6 nitrogen and oxygen atoms in total. The van der Waals surface area contributed by atoms with E-state index in [1.165, 1.54) is 0 Å². The van der Waals surface area contributed by atoms with E-state index in [1.807, 2.05) is 26.0 Å². The molecule has 1 saturated heterocycles. The number of phenolic OH excluding ortho intramolecular Hbond substituents is 1.